The second-order valence-electron chi connectivity index (χ2n) is 13.1. The fraction of sp³-hybridized carbons (Fsp3) is 0.741. The Balaban J connectivity index is 3.23. The Morgan fingerprint density at radius 3 is 1.62 bits per heavy atom. The van der Waals surface area contributed by atoms with Gasteiger partial charge in [-0.25, -0.2) is 0 Å². The van der Waals surface area contributed by atoms with Crippen molar-refractivity contribution in [2.45, 2.75) is 91.0 Å². The van der Waals surface area contributed by atoms with E-state index < -0.39 is 52.9 Å². The number of esters is 1. The molecule has 0 spiro atoms. The first-order chi connectivity index (χ1) is 17.4. The lowest BCUT2D eigenvalue weighted by Gasteiger charge is -2.34. The maximum atomic E-state index is 13.9. The summed E-state index contributed by atoms with van der Waals surface area (Å²) in [4.78, 5) is 34.3. The van der Waals surface area contributed by atoms with Crippen molar-refractivity contribution >= 4 is 34.8 Å². The lowest BCUT2D eigenvalue weighted by Crippen LogP contribution is -2.42. The van der Waals surface area contributed by atoms with Crippen LogP contribution in [0.5, 0.6) is 0 Å². The van der Waals surface area contributed by atoms with E-state index in [4.69, 9.17) is 18.0 Å². The SMILES string of the molecule is CO[Si](CCCP(=O)(O)CC(=O)OCP(=O)(O)c1c(C(C)(C)C)cc(C(C)(C)C)cc1C(C)(C)C)(OC)OC. The van der Waals surface area contributed by atoms with E-state index in [1.807, 2.05) is 53.7 Å². The highest BCUT2D eigenvalue weighted by Gasteiger charge is 2.40. The molecule has 0 aliphatic carbocycles. The number of hydrogen-bond acceptors (Lipinski definition) is 7. The Kier molecular flexibility index (Phi) is 12.1. The van der Waals surface area contributed by atoms with Gasteiger partial charge in [0.2, 0.25) is 7.37 Å². The molecule has 0 heterocycles. The summed E-state index contributed by atoms with van der Waals surface area (Å²) in [6.45, 7) is 18.2. The van der Waals surface area contributed by atoms with E-state index in [0.29, 0.717) is 6.04 Å². The van der Waals surface area contributed by atoms with Crippen LogP contribution in [0.3, 0.4) is 0 Å². The smallest absolute Gasteiger partial charge is 0.455 e. The number of benzene rings is 1. The largest absolute Gasteiger partial charge is 0.500 e. The van der Waals surface area contributed by atoms with Crippen LogP contribution in [0.4, 0.5) is 0 Å². The van der Waals surface area contributed by atoms with Crippen molar-refractivity contribution in [3.8, 4) is 0 Å². The molecule has 0 amide bonds. The lowest BCUT2D eigenvalue weighted by molar-refractivity contribution is -0.138. The first-order valence-electron chi connectivity index (χ1n) is 13.1. The summed E-state index contributed by atoms with van der Waals surface area (Å²) in [5.74, 6) is -0.996. The van der Waals surface area contributed by atoms with Crippen molar-refractivity contribution in [3.05, 3.63) is 28.8 Å². The van der Waals surface area contributed by atoms with Gasteiger partial charge >= 0.3 is 14.8 Å². The summed E-state index contributed by atoms with van der Waals surface area (Å²) < 4.78 is 47.7. The molecule has 226 valence electrons. The van der Waals surface area contributed by atoms with Gasteiger partial charge in [0.25, 0.3) is 7.37 Å². The molecule has 12 heteroatoms. The molecule has 1 aromatic carbocycles. The van der Waals surface area contributed by atoms with E-state index in [9.17, 15) is 23.7 Å². The molecule has 0 aromatic heterocycles. The van der Waals surface area contributed by atoms with Gasteiger partial charge in [-0.3, -0.25) is 13.9 Å². The molecule has 39 heavy (non-hydrogen) atoms. The standard InChI is InChI=1S/C27H50O9P2Si/c1-25(2,3)20-16-21(26(4,5)6)24(22(17-20)27(7,8)9)38(31,32)19-36-23(28)18-37(29,30)14-13-15-39(33-10,34-11)35-12/h16-17H,13-15,18-19H2,1-12H3,(H,29,30)(H,31,32). The molecule has 2 atom stereocenters. The third-order valence-corrected chi connectivity index (χ3v) is 12.9. The van der Waals surface area contributed by atoms with E-state index in [1.54, 1.807) is 0 Å². The van der Waals surface area contributed by atoms with Gasteiger partial charge in [-0.05, 0) is 39.4 Å². The normalized spacial score (nSPS) is 16.5. The van der Waals surface area contributed by atoms with Crippen molar-refractivity contribution in [2.75, 3.05) is 40.0 Å². The zero-order chi connectivity index (χ0) is 30.7. The monoisotopic (exact) mass is 608 g/mol. The Morgan fingerprint density at radius 1 is 0.821 bits per heavy atom. The summed E-state index contributed by atoms with van der Waals surface area (Å²) >= 11 is 0. The zero-order valence-electron chi connectivity index (χ0n) is 25.8. The maximum absolute atomic E-state index is 13.9. The van der Waals surface area contributed by atoms with Crippen LogP contribution in [-0.4, -0.2) is 64.6 Å². The number of ether oxygens (including phenoxy) is 1. The number of carbonyl (C=O) groups excluding carboxylic acids is 1. The van der Waals surface area contributed by atoms with Gasteiger partial charge < -0.3 is 27.8 Å². The Labute approximate surface area is 236 Å². The fourth-order valence-electron chi connectivity index (χ4n) is 4.24. The molecular formula is C27H50O9P2Si. The predicted octanol–water partition coefficient (Wildman–Crippen LogP) is 5.51. The molecule has 0 saturated carbocycles. The molecule has 1 rings (SSSR count). The second kappa shape index (κ2) is 13.0. The molecule has 1 aromatic rings. The van der Waals surface area contributed by atoms with Crippen LogP contribution in [0, 0.1) is 0 Å². The van der Waals surface area contributed by atoms with Crippen LogP contribution >= 0.6 is 14.7 Å². The molecule has 0 radical (unpaired) electrons. The van der Waals surface area contributed by atoms with Gasteiger partial charge in [0.1, 0.15) is 6.16 Å². The van der Waals surface area contributed by atoms with Crippen LogP contribution in [0.2, 0.25) is 6.04 Å². The fourth-order valence-corrected chi connectivity index (χ4v) is 9.56. The predicted molar refractivity (Wildman–Crippen MR) is 159 cm³/mol. The van der Waals surface area contributed by atoms with Crippen LogP contribution in [0.25, 0.3) is 0 Å². The summed E-state index contributed by atoms with van der Waals surface area (Å²) in [5, 5.41) is 0.287. The van der Waals surface area contributed by atoms with Gasteiger partial charge in [-0.15, -0.1) is 0 Å². The average Bonchev–Trinajstić information content (AvgIpc) is 2.78. The van der Waals surface area contributed by atoms with Crippen molar-refractivity contribution in [1.29, 1.82) is 0 Å². The summed E-state index contributed by atoms with van der Waals surface area (Å²) in [6.07, 6.45) is -1.46. The van der Waals surface area contributed by atoms with Crippen LogP contribution in [0.1, 0.15) is 85.4 Å². The van der Waals surface area contributed by atoms with E-state index in [0.717, 1.165) is 16.7 Å². The molecular weight excluding hydrogens is 558 g/mol. The summed E-state index contributed by atoms with van der Waals surface area (Å²) in [6, 6.07) is 4.25. The highest BCUT2D eigenvalue weighted by atomic mass is 31.2. The van der Waals surface area contributed by atoms with Gasteiger partial charge in [-0.2, -0.15) is 0 Å². The van der Waals surface area contributed by atoms with E-state index >= 15 is 0 Å². The van der Waals surface area contributed by atoms with Gasteiger partial charge in [0.05, 0.1) is 0 Å². The lowest BCUT2D eigenvalue weighted by atomic mass is 9.75. The van der Waals surface area contributed by atoms with Gasteiger partial charge in [-0.1, -0.05) is 74.4 Å². The molecule has 2 unspecified atom stereocenters. The van der Waals surface area contributed by atoms with Gasteiger partial charge in [0, 0.05) is 38.8 Å². The molecule has 0 saturated heterocycles. The Morgan fingerprint density at radius 2 is 1.26 bits per heavy atom. The molecule has 2 N–H and O–H groups in total. The highest BCUT2D eigenvalue weighted by Crippen LogP contribution is 2.48. The van der Waals surface area contributed by atoms with E-state index in [1.165, 1.54) is 21.3 Å². The second-order valence-corrected chi connectivity index (χ2v) is 20.8. The van der Waals surface area contributed by atoms with E-state index in [2.05, 4.69) is 20.8 Å². The van der Waals surface area contributed by atoms with Crippen molar-refractivity contribution < 1.29 is 41.7 Å². The average molecular weight is 609 g/mol. The first kappa shape index (κ1) is 36.2. The minimum absolute atomic E-state index is 0.166. The number of carbonyl (C=O) groups is 1. The quantitative estimate of drug-likeness (QED) is 0.179. The minimum atomic E-state index is -4.22. The van der Waals surface area contributed by atoms with Crippen LogP contribution in [0.15, 0.2) is 12.1 Å². The van der Waals surface area contributed by atoms with Crippen LogP contribution < -0.4 is 5.30 Å². The Bertz CT molecular complexity index is 1050. The molecule has 9 nitrogen and oxygen atoms in total. The summed E-state index contributed by atoms with van der Waals surface area (Å²) in [7, 11) is -6.68. The summed E-state index contributed by atoms with van der Waals surface area (Å²) in [5.41, 5.74) is 1.36. The third kappa shape index (κ3) is 10.2. The zero-order valence-corrected chi connectivity index (χ0v) is 28.6. The molecule has 0 aliphatic rings. The third-order valence-electron chi connectivity index (χ3n) is 6.64. The number of hydrogen-bond donors (Lipinski definition) is 2. The highest BCUT2D eigenvalue weighted by molar-refractivity contribution is 7.66. The topological polar surface area (TPSA) is 129 Å². The van der Waals surface area contributed by atoms with Crippen molar-refractivity contribution in [3.63, 3.8) is 0 Å². The van der Waals surface area contributed by atoms with Crippen LogP contribution in [-0.2, 0) is 48.2 Å². The van der Waals surface area contributed by atoms with Crippen molar-refractivity contribution in [1.82, 2.24) is 0 Å². The maximum Gasteiger partial charge on any atom is 0.500 e. The first-order valence-corrected chi connectivity index (χ1v) is 18.9. The molecule has 0 aliphatic heterocycles. The van der Waals surface area contributed by atoms with E-state index in [-0.39, 0.29) is 23.3 Å². The van der Waals surface area contributed by atoms with Gasteiger partial charge in [0.15, 0.2) is 6.35 Å². The number of rotatable bonds is 12. The molecule has 0 fully saturated rings. The molecule has 0 bridgehead atoms. The minimum Gasteiger partial charge on any atom is -0.455 e. The Hall–Kier alpha value is -0.833. The van der Waals surface area contributed by atoms with Crippen molar-refractivity contribution in [2.24, 2.45) is 0 Å².